The van der Waals surface area contributed by atoms with Gasteiger partial charge in [0.25, 0.3) is 0 Å². The Morgan fingerprint density at radius 2 is 0.891 bits per heavy atom. The van der Waals surface area contributed by atoms with E-state index in [4.69, 9.17) is 8.83 Å². The molecule has 0 radical (unpaired) electrons. The molecule has 0 atom stereocenters. The minimum atomic E-state index is 0.883. The van der Waals surface area contributed by atoms with E-state index < -0.39 is 0 Å². The van der Waals surface area contributed by atoms with Gasteiger partial charge < -0.3 is 13.7 Å². The van der Waals surface area contributed by atoms with Crippen molar-refractivity contribution >= 4 is 55.3 Å². The Labute approximate surface area is 266 Å². The third kappa shape index (κ3) is 4.13. The van der Waals surface area contributed by atoms with E-state index in [-0.39, 0.29) is 0 Å². The zero-order valence-corrected chi connectivity index (χ0v) is 25.3. The highest BCUT2D eigenvalue weighted by Crippen LogP contribution is 2.45. The number of anilines is 2. The topological polar surface area (TPSA) is 29.5 Å². The van der Waals surface area contributed by atoms with Gasteiger partial charge in [-0.05, 0) is 41.5 Å². The van der Waals surface area contributed by atoms with Crippen molar-refractivity contribution in [2.24, 2.45) is 0 Å². The van der Waals surface area contributed by atoms with E-state index >= 15 is 0 Å². The molecule has 0 amide bonds. The first-order valence-corrected chi connectivity index (χ1v) is 15.6. The van der Waals surface area contributed by atoms with E-state index in [1.54, 1.807) is 0 Å². The highest BCUT2D eigenvalue weighted by atomic mass is 16.3. The predicted molar refractivity (Wildman–Crippen MR) is 192 cm³/mol. The molecule has 0 bridgehead atoms. The standard InChI is InChI=1S/C43H29NO2/c1-44(38-22-8-5-15-30(38)28-13-3-2-4-14-28)39-26-25-29(31-18-11-19-34-32-16-6-9-23-40(32)45-42(31)34)27-37(39)36-21-12-20-35-33-17-7-10-24-41(33)46-43(35)36/h2-27H,1H3. The number of furan rings is 2. The Morgan fingerprint density at radius 1 is 0.370 bits per heavy atom. The number of para-hydroxylation sites is 5. The smallest absolute Gasteiger partial charge is 0.143 e. The SMILES string of the molecule is CN(c1ccccc1-c1ccccc1)c1ccc(-c2cccc3c2oc2ccccc23)cc1-c1cccc2c1oc1ccccc12. The van der Waals surface area contributed by atoms with Gasteiger partial charge in [-0.15, -0.1) is 0 Å². The van der Waals surface area contributed by atoms with Crippen LogP contribution in [0.3, 0.4) is 0 Å². The monoisotopic (exact) mass is 591 g/mol. The van der Waals surface area contributed by atoms with Crippen molar-refractivity contribution in [2.45, 2.75) is 0 Å². The first-order valence-electron chi connectivity index (χ1n) is 15.6. The van der Waals surface area contributed by atoms with Gasteiger partial charge in [0.1, 0.15) is 22.3 Å². The largest absolute Gasteiger partial charge is 0.455 e. The molecule has 0 fully saturated rings. The summed E-state index contributed by atoms with van der Waals surface area (Å²) in [5.41, 5.74) is 12.4. The molecule has 7 aromatic carbocycles. The van der Waals surface area contributed by atoms with Gasteiger partial charge in [-0.3, -0.25) is 0 Å². The Kier molecular flexibility index (Phi) is 6.04. The maximum Gasteiger partial charge on any atom is 0.143 e. The van der Waals surface area contributed by atoms with E-state index in [1.165, 1.54) is 11.1 Å². The number of nitrogens with zero attached hydrogens (tertiary/aromatic N) is 1. The van der Waals surface area contributed by atoms with Gasteiger partial charge >= 0.3 is 0 Å². The summed E-state index contributed by atoms with van der Waals surface area (Å²) in [5, 5.41) is 4.47. The normalized spacial score (nSPS) is 11.6. The maximum atomic E-state index is 6.59. The Bertz CT molecular complexity index is 2560. The summed E-state index contributed by atoms with van der Waals surface area (Å²) in [6, 6.07) is 55.3. The Balaban J connectivity index is 1.30. The van der Waals surface area contributed by atoms with Crippen LogP contribution in [0.2, 0.25) is 0 Å². The molecule has 0 aliphatic rings. The fourth-order valence-electron chi connectivity index (χ4n) is 6.90. The van der Waals surface area contributed by atoms with Crippen LogP contribution >= 0.6 is 0 Å². The summed E-state index contributed by atoms with van der Waals surface area (Å²) in [4.78, 5) is 2.30. The van der Waals surface area contributed by atoms with Crippen molar-refractivity contribution in [1.82, 2.24) is 0 Å². The summed E-state index contributed by atoms with van der Waals surface area (Å²) in [7, 11) is 2.15. The van der Waals surface area contributed by atoms with Crippen LogP contribution in [0.15, 0.2) is 167 Å². The van der Waals surface area contributed by atoms with Crippen LogP contribution in [0, 0.1) is 0 Å². The van der Waals surface area contributed by atoms with Gasteiger partial charge in [0.05, 0.1) is 0 Å². The maximum absolute atomic E-state index is 6.59. The van der Waals surface area contributed by atoms with Gasteiger partial charge in [-0.1, -0.05) is 127 Å². The number of hydrogen-bond acceptors (Lipinski definition) is 3. The van der Waals surface area contributed by atoms with Crippen molar-refractivity contribution < 1.29 is 8.83 Å². The van der Waals surface area contributed by atoms with Crippen LogP contribution in [0.25, 0.3) is 77.3 Å². The number of fused-ring (bicyclic) bond motifs is 6. The highest BCUT2D eigenvalue weighted by molar-refractivity contribution is 6.12. The van der Waals surface area contributed by atoms with E-state index in [0.717, 1.165) is 77.5 Å². The van der Waals surface area contributed by atoms with Gasteiger partial charge in [0.15, 0.2) is 0 Å². The molecule has 9 rings (SSSR count). The number of benzene rings is 7. The van der Waals surface area contributed by atoms with Crippen molar-refractivity contribution in [2.75, 3.05) is 11.9 Å². The minimum absolute atomic E-state index is 0.883. The summed E-state index contributed by atoms with van der Waals surface area (Å²) in [6.45, 7) is 0. The molecule has 0 spiro atoms. The molecule has 0 N–H and O–H groups in total. The minimum Gasteiger partial charge on any atom is -0.455 e. The van der Waals surface area contributed by atoms with Gasteiger partial charge in [0, 0.05) is 62.2 Å². The summed E-state index contributed by atoms with van der Waals surface area (Å²) < 4.78 is 13.1. The lowest BCUT2D eigenvalue weighted by Crippen LogP contribution is -2.12. The lowest BCUT2D eigenvalue weighted by molar-refractivity contribution is 0.670. The molecule has 0 aliphatic heterocycles. The van der Waals surface area contributed by atoms with E-state index in [1.807, 2.05) is 24.3 Å². The van der Waals surface area contributed by atoms with Crippen LogP contribution in [-0.4, -0.2) is 7.05 Å². The van der Waals surface area contributed by atoms with Crippen molar-refractivity contribution in [3.05, 3.63) is 158 Å². The zero-order chi connectivity index (χ0) is 30.6. The van der Waals surface area contributed by atoms with Gasteiger partial charge in [-0.25, -0.2) is 0 Å². The lowest BCUT2D eigenvalue weighted by atomic mass is 9.94. The first kappa shape index (κ1) is 26.4. The summed E-state index contributed by atoms with van der Waals surface area (Å²) in [5.74, 6) is 0. The van der Waals surface area contributed by atoms with E-state index in [2.05, 4.69) is 145 Å². The molecule has 0 aliphatic carbocycles. The van der Waals surface area contributed by atoms with Crippen LogP contribution in [-0.2, 0) is 0 Å². The molecule has 0 unspecified atom stereocenters. The lowest BCUT2D eigenvalue weighted by Gasteiger charge is -2.26. The van der Waals surface area contributed by atoms with Gasteiger partial charge in [-0.2, -0.15) is 0 Å². The van der Waals surface area contributed by atoms with E-state index in [9.17, 15) is 0 Å². The highest BCUT2D eigenvalue weighted by Gasteiger charge is 2.21. The number of hydrogen-bond donors (Lipinski definition) is 0. The summed E-state index contributed by atoms with van der Waals surface area (Å²) in [6.07, 6.45) is 0. The second kappa shape index (κ2) is 10.5. The molecule has 9 aromatic rings. The fourth-order valence-corrected chi connectivity index (χ4v) is 6.90. The molecule has 3 heteroatoms. The van der Waals surface area contributed by atoms with E-state index in [0.29, 0.717) is 0 Å². The summed E-state index contributed by atoms with van der Waals surface area (Å²) >= 11 is 0. The molecule has 0 saturated heterocycles. The quantitative estimate of drug-likeness (QED) is 0.199. The molecule has 2 aromatic heterocycles. The predicted octanol–water partition coefficient (Wildman–Crippen LogP) is 12.3. The van der Waals surface area contributed by atoms with Crippen molar-refractivity contribution in [3.63, 3.8) is 0 Å². The van der Waals surface area contributed by atoms with Crippen molar-refractivity contribution in [3.8, 4) is 33.4 Å². The van der Waals surface area contributed by atoms with Crippen molar-refractivity contribution in [1.29, 1.82) is 0 Å². The molecule has 46 heavy (non-hydrogen) atoms. The van der Waals surface area contributed by atoms with Gasteiger partial charge in [0.2, 0.25) is 0 Å². The third-order valence-corrected chi connectivity index (χ3v) is 9.12. The first-order chi connectivity index (χ1) is 22.7. The van der Waals surface area contributed by atoms with Crippen LogP contribution in [0.1, 0.15) is 0 Å². The fraction of sp³-hybridized carbons (Fsp3) is 0.0233. The van der Waals surface area contributed by atoms with Crippen LogP contribution in [0.4, 0.5) is 11.4 Å². The molecule has 3 nitrogen and oxygen atoms in total. The molecule has 2 heterocycles. The molecule has 0 saturated carbocycles. The average Bonchev–Trinajstić information content (AvgIpc) is 3.70. The molecular weight excluding hydrogens is 562 g/mol. The Morgan fingerprint density at radius 3 is 1.61 bits per heavy atom. The van der Waals surface area contributed by atoms with Crippen LogP contribution < -0.4 is 4.90 Å². The molecule has 218 valence electrons. The Hall–Kier alpha value is -6.06. The second-order valence-corrected chi connectivity index (χ2v) is 11.7. The van der Waals surface area contributed by atoms with Crippen LogP contribution in [0.5, 0.6) is 0 Å². The zero-order valence-electron chi connectivity index (χ0n) is 25.3. The molecular formula is C43H29NO2. The third-order valence-electron chi connectivity index (χ3n) is 9.12. The number of rotatable bonds is 5. The second-order valence-electron chi connectivity index (χ2n) is 11.7. The average molecular weight is 592 g/mol.